The van der Waals surface area contributed by atoms with Gasteiger partial charge in [-0.25, -0.2) is 9.97 Å². The van der Waals surface area contributed by atoms with Crippen LogP contribution in [0.25, 0.3) is 137 Å². The molecule has 0 amide bonds. The number of nitrogens with zero attached hydrogens (tertiary/aromatic N) is 5. The molecule has 0 aliphatic carbocycles. The van der Waals surface area contributed by atoms with Gasteiger partial charge in [0, 0.05) is 54.3 Å². The van der Waals surface area contributed by atoms with Crippen molar-refractivity contribution in [2.75, 3.05) is 0 Å². The second kappa shape index (κ2) is 10.5. The van der Waals surface area contributed by atoms with Gasteiger partial charge in [0.05, 0.1) is 33.1 Å². The zero-order valence-electron chi connectivity index (χ0n) is 31.5. The molecule has 59 heavy (non-hydrogen) atoms. The van der Waals surface area contributed by atoms with Gasteiger partial charge in [-0.15, -0.1) is 0 Å². The van der Waals surface area contributed by atoms with Crippen molar-refractivity contribution in [2.45, 2.75) is 0 Å². The lowest BCUT2D eigenvalue weighted by Gasteiger charge is -2.12. The number of hydrogen-bond donors (Lipinski definition) is 0. The summed E-state index contributed by atoms with van der Waals surface area (Å²) in [6.07, 6.45) is 0. The van der Waals surface area contributed by atoms with Gasteiger partial charge in [0.1, 0.15) is 11.0 Å². The fourth-order valence-electron chi connectivity index (χ4n) is 10.9. The third-order valence-electron chi connectivity index (χ3n) is 13.2. The van der Waals surface area contributed by atoms with Gasteiger partial charge >= 0.3 is 0 Å². The minimum atomic E-state index is 0.889. The lowest BCUT2D eigenvalue weighted by Crippen LogP contribution is -1.94. The van der Waals surface area contributed by atoms with Crippen molar-refractivity contribution in [1.82, 2.24) is 23.3 Å². The van der Waals surface area contributed by atoms with E-state index in [2.05, 4.69) is 189 Å². The summed E-state index contributed by atoms with van der Waals surface area (Å²) in [5.41, 5.74) is 14.3. The Morgan fingerprint density at radius 2 is 0.932 bits per heavy atom. The van der Waals surface area contributed by atoms with Crippen LogP contribution in [-0.4, -0.2) is 23.3 Å². The summed E-state index contributed by atoms with van der Waals surface area (Å²) in [4.78, 5) is 11.5. The second-order valence-electron chi connectivity index (χ2n) is 16.1. The number of aromatic nitrogens is 5. The van der Waals surface area contributed by atoms with Crippen LogP contribution in [0.5, 0.6) is 0 Å². The molecule has 0 aliphatic rings. The van der Waals surface area contributed by atoms with Gasteiger partial charge in [-0.2, -0.15) is 0 Å². The molecule has 5 heteroatoms. The summed E-state index contributed by atoms with van der Waals surface area (Å²) in [5.74, 6) is 0. The minimum Gasteiger partial charge on any atom is -0.309 e. The van der Waals surface area contributed by atoms with E-state index in [1.165, 1.54) is 87.1 Å². The highest BCUT2D eigenvalue weighted by molar-refractivity contribution is 6.34. The van der Waals surface area contributed by atoms with Crippen LogP contribution in [-0.2, 0) is 0 Å². The van der Waals surface area contributed by atoms with Crippen LogP contribution in [0.1, 0.15) is 0 Å². The van der Waals surface area contributed by atoms with Gasteiger partial charge in [-0.05, 0) is 75.6 Å². The van der Waals surface area contributed by atoms with Crippen LogP contribution in [0, 0.1) is 0 Å². The predicted molar refractivity (Wildman–Crippen MR) is 246 cm³/mol. The molecule has 0 saturated heterocycles. The molecule has 0 unspecified atom stereocenters. The van der Waals surface area contributed by atoms with E-state index in [0.29, 0.717) is 0 Å². The first-order valence-corrected chi connectivity index (χ1v) is 20.3. The molecular formula is C54H29N5. The molecule has 0 aliphatic heterocycles. The first-order chi connectivity index (χ1) is 29.3. The normalized spacial score (nSPS) is 12.7. The molecular weight excluding hydrogens is 719 g/mol. The van der Waals surface area contributed by atoms with E-state index in [9.17, 15) is 0 Å². The van der Waals surface area contributed by atoms with E-state index < -0.39 is 0 Å². The molecule has 5 nitrogen and oxygen atoms in total. The van der Waals surface area contributed by atoms with Gasteiger partial charge in [-0.3, -0.25) is 8.80 Å². The Kier molecular flexibility index (Phi) is 5.36. The molecule has 0 N–H and O–H groups in total. The smallest absolute Gasteiger partial charge is 0.165 e. The average molecular weight is 748 g/mol. The zero-order chi connectivity index (χ0) is 38.1. The molecule has 9 aromatic carbocycles. The Bertz CT molecular complexity index is 4300. The second-order valence-corrected chi connectivity index (χ2v) is 16.1. The third kappa shape index (κ3) is 3.59. The van der Waals surface area contributed by atoms with Crippen molar-refractivity contribution < 1.29 is 0 Å². The first kappa shape index (κ1) is 30.2. The third-order valence-corrected chi connectivity index (χ3v) is 13.2. The van der Waals surface area contributed by atoms with Crippen molar-refractivity contribution >= 4 is 120 Å². The van der Waals surface area contributed by atoms with Gasteiger partial charge in [-0.1, -0.05) is 127 Å². The molecule has 0 atom stereocenters. The lowest BCUT2D eigenvalue weighted by molar-refractivity contribution is 1.18. The molecule has 0 radical (unpaired) electrons. The Morgan fingerprint density at radius 1 is 0.339 bits per heavy atom. The molecule has 15 rings (SSSR count). The largest absolute Gasteiger partial charge is 0.309 e. The van der Waals surface area contributed by atoms with E-state index in [4.69, 9.17) is 9.97 Å². The maximum absolute atomic E-state index is 5.74. The van der Waals surface area contributed by atoms with Gasteiger partial charge in [0.15, 0.2) is 11.3 Å². The molecule has 0 fully saturated rings. The van der Waals surface area contributed by atoms with Gasteiger partial charge < -0.3 is 4.57 Å². The van der Waals surface area contributed by atoms with E-state index in [0.717, 1.165) is 49.8 Å². The number of benzene rings is 9. The van der Waals surface area contributed by atoms with E-state index in [1.54, 1.807) is 0 Å². The summed E-state index contributed by atoms with van der Waals surface area (Å²) in [5, 5.41) is 14.5. The topological polar surface area (TPSA) is 39.5 Å². The summed E-state index contributed by atoms with van der Waals surface area (Å²) >= 11 is 0. The summed E-state index contributed by atoms with van der Waals surface area (Å²) in [7, 11) is 0. The van der Waals surface area contributed by atoms with Crippen molar-refractivity contribution in [3.8, 4) is 16.8 Å². The van der Waals surface area contributed by atoms with Crippen molar-refractivity contribution in [3.05, 3.63) is 176 Å². The minimum absolute atomic E-state index is 0.889. The molecule has 6 aromatic heterocycles. The number of rotatable bonds is 2. The van der Waals surface area contributed by atoms with E-state index in [1.807, 2.05) is 0 Å². The Hall–Kier alpha value is -8.02. The average Bonchev–Trinajstić information content (AvgIpc) is 4.08. The van der Waals surface area contributed by atoms with E-state index in [-0.39, 0.29) is 0 Å². The van der Waals surface area contributed by atoms with E-state index >= 15 is 0 Å². The first-order valence-electron chi connectivity index (χ1n) is 20.3. The maximum atomic E-state index is 5.74. The Labute approximate surface area is 334 Å². The van der Waals surface area contributed by atoms with Crippen LogP contribution in [0.3, 0.4) is 0 Å². The molecule has 0 saturated carbocycles. The monoisotopic (exact) mass is 747 g/mol. The number of hydrogen-bond acceptors (Lipinski definition) is 2. The van der Waals surface area contributed by atoms with Crippen LogP contribution in [0.15, 0.2) is 176 Å². The summed E-state index contributed by atoms with van der Waals surface area (Å²) < 4.78 is 7.19. The van der Waals surface area contributed by atoms with Crippen molar-refractivity contribution in [2.24, 2.45) is 0 Å². The molecule has 15 aromatic rings. The fourth-order valence-corrected chi connectivity index (χ4v) is 10.9. The number of para-hydroxylation sites is 4. The quantitative estimate of drug-likeness (QED) is 0.177. The van der Waals surface area contributed by atoms with Crippen LogP contribution >= 0.6 is 0 Å². The van der Waals surface area contributed by atoms with Gasteiger partial charge in [0.25, 0.3) is 0 Å². The highest BCUT2D eigenvalue weighted by Crippen LogP contribution is 2.49. The highest BCUT2D eigenvalue weighted by Gasteiger charge is 2.28. The maximum Gasteiger partial charge on any atom is 0.165 e. The SMILES string of the molecule is c1ccc(-n2c3ccccc3c3cc(-c4c5ccccc5cc5c6cc7ccccc7c7c8nc9c(nc8n(c45)c67)c4cccc5c6ccccc6n9c54)ccc32)cc1. The molecule has 270 valence electrons. The summed E-state index contributed by atoms with van der Waals surface area (Å²) in [6.45, 7) is 0. The lowest BCUT2D eigenvalue weighted by atomic mass is 9.93. The van der Waals surface area contributed by atoms with Crippen LogP contribution in [0.4, 0.5) is 0 Å². The summed E-state index contributed by atoms with van der Waals surface area (Å²) in [6, 6.07) is 64.3. The molecule has 0 bridgehead atoms. The highest BCUT2D eigenvalue weighted by atomic mass is 15.1. The van der Waals surface area contributed by atoms with Crippen LogP contribution < -0.4 is 0 Å². The zero-order valence-corrected chi connectivity index (χ0v) is 31.5. The fraction of sp³-hybridized carbons (Fsp3) is 0. The van der Waals surface area contributed by atoms with Gasteiger partial charge in [0.2, 0.25) is 0 Å². The predicted octanol–water partition coefficient (Wildman–Crippen LogP) is 13.8. The Morgan fingerprint density at radius 3 is 1.76 bits per heavy atom. The van der Waals surface area contributed by atoms with Crippen molar-refractivity contribution in [1.29, 1.82) is 0 Å². The molecule has 0 spiro atoms. The standard InChI is InChI=1S/C54H29N5/c1-2-15-33(16-3-1)57-43-23-10-9-20-37(43)40-29-32(25-26-45(40)57)46-34-17-6-4-13-30(34)27-41-42-28-31-14-5-7-18-35(31)47-49-54(59(51(41)46)52(42)47)55-48-39-22-12-21-38-36-19-8-11-24-44(36)58(50(38)39)53(48)56-49/h1-29H. The Balaban J connectivity index is 1.16. The number of fused-ring (bicyclic) bond motifs is 18. The molecule has 6 heterocycles. The van der Waals surface area contributed by atoms with Crippen LogP contribution in [0.2, 0.25) is 0 Å². The van der Waals surface area contributed by atoms with Crippen molar-refractivity contribution in [3.63, 3.8) is 0 Å².